The minimum Gasteiger partial charge on any atom is -0.481 e. The minimum absolute atomic E-state index is 0.0483. The van der Waals surface area contributed by atoms with Crippen molar-refractivity contribution in [1.82, 2.24) is 5.32 Å². The van der Waals surface area contributed by atoms with E-state index in [-0.39, 0.29) is 42.7 Å². The van der Waals surface area contributed by atoms with Gasteiger partial charge in [0.15, 0.2) is 0 Å². The fraction of sp³-hybridized carbons (Fsp3) is 0.833. The van der Waals surface area contributed by atoms with Gasteiger partial charge in [-0.15, -0.1) is 0 Å². The van der Waals surface area contributed by atoms with Crippen molar-refractivity contribution in [1.29, 1.82) is 0 Å². The monoisotopic (exact) mass is 587 g/mol. The van der Waals surface area contributed by atoms with Crippen LogP contribution < -0.4 is 5.32 Å². The van der Waals surface area contributed by atoms with Crippen molar-refractivity contribution in [2.45, 2.75) is 91.9 Å². The normalized spacial score (nSPS) is 12.2. The average Bonchev–Trinajstić information content (AvgIpc) is 2.90. The second-order valence-electron chi connectivity index (χ2n) is 11.0. The van der Waals surface area contributed by atoms with E-state index in [1.165, 1.54) is 0 Å². The second-order valence-corrected chi connectivity index (χ2v) is 11.0. The molecule has 11 nitrogen and oxygen atoms in total. The molecule has 0 radical (unpaired) electrons. The number of carbonyl (C=O) groups is 5. The molecule has 1 amide bonds. The topological polar surface area (TPSA) is 155 Å². The number of hydrogen-bond donors (Lipinski definition) is 2. The van der Waals surface area contributed by atoms with E-state index < -0.39 is 23.7 Å². The molecule has 0 heterocycles. The Morgan fingerprint density at radius 1 is 0.707 bits per heavy atom. The third kappa shape index (κ3) is 24.1. The highest BCUT2D eigenvalue weighted by molar-refractivity contribution is 5.96. The van der Waals surface area contributed by atoms with E-state index in [2.05, 4.69) is 5.32 Å². The zero-order valence-electron chi connectivity index (χ0n) is 25.6. The van der Waals surface area contributed by atoms with Crippen LogP contribution in [0.4, 0.5) is 0 Å². The Labute approximate surface area is 245 Å². The molecule has 0 rings (SSSR count). The summed E-state index contributed by atoms with van der Waals surface area (Å²) in [5.41, 5.74) is -0.495. The van der Waals surface area contributed by atoms with E-state index in [0.29, 0.717) is 91.3 Å². The molecule has 2 N–H and O–H groups in total. The lowest BCUT2D eigenvalue weighted by Gasteiger charge is -2.19. The molecule has 0 aromatic heterocycles. The molecular weight excluding hydrogens is 534 g/mol. The Morgan fingerprint density at radius 3 is 1.80 bits per heavy atom. The third-order valence-corrected chi connectivity index (χ3v) is 6.37. The van der Waals surface area contributed by atoms with Crippen molar-refractivity contribution in [2.75, 3.05) is 59.4 Å². The first-order chi connectivity index (χ1) is 19.5. The van der Waals surface area contributed by atoms with Gasteiger partial charge in [0, 0.05) is 50.2 Å². The van der Waals surface area contributed by atoms with Crippen LogP contribution in [0, 0.1) is 11.3 Å². The summed E-state index contributed by atoms with van der Waals surface area (Å²) in [4.78, 5) is 58.7. The number of carboxylic acid groups (broad SMARTS) is 1. The van der Waals surface area contributed by atoms with Crippen LogP contribution in [0.15, 0.2) is 0 Å². The number of hydrogen-bond acceptors (Lipinski definition) is 9. The Bertz CT molecular complexity index is 763. The Morgan fingerprint density at radius 2 is 1.27 bits per heavy atom. The fourth-order valence-corrected chi connectivity index (χ4v) is 3.75. The van der Waals surface area contributed by atoms with Gasteiger partial charge < -0.3 is 29.4 Å². The number of amides is 1. The van der Waals surface area contributed by atoms with Gasteiger partial charge in [-0.1, -0.05) is 34.1 Å². The predicted molar refractivity (Wildman–Crippen MR) is 154 cm³/mol. The third-order valence-electron chi connectivity index (χ3n) is 6.37. The predicted octanol–water partition coefficient (Wildman–Crippen LogP) is 3.54. The summed E-state index contributed by atoms with van der Waals surface area (Å²) in [7, 11) is 0. The highest BCUT2D eigenvalue weighted by Gasteiger charge is 2.25. The van der Waals surface area contributed by atoms with Gasteiger partial charge in [0.2, 0.25) is 5.91 Å². The van der Waals surface area contributed by atoms with Crippen LogP contribution in [0.2, 0.25) is 0 Å². The molecule has 0 saturated carbocycles. The summed E-state index contributed by atoms with van der Waals surface area (Å²) in [6, 6.07) is 0. The summed E-state index contributed by atoms with van der Waals surface area (Å²) >= 11 is 0. The summed E-state index contributed by atoms with van der Waals surface area (Å²) < 4.78 is 21.6. The van der Waals surface area contributed by atoms with Gasteiger partial charge in [-0.2, -0.15) is 0 Å². The summed E-state index contributed by atoms with van der Waals surface area (Å²) in [5, 5.41) is 11.8. The molecule has 1 atom stereocenters. The van der Waals surface area contributed by atoms with Crippen molar-refractivity contribution in [3.8, 4) is 0 Å². The fourth-order valence-electron chi connectivity index (χ4n) is 3.75. The number of nitrogens with one attached hydrogen (secondary N) is 1. The molecule has 0 aliphatic heterocycles. The first-order valence-corrected chi connectivity index (χ1v) is 14.8. The van der Waals surface area contributed by atoms with E-state index >= 15 is 0 Å². The highest BCUT2D eigenvalue weighted by atomic mass is 16.6. The van der Waals surface area contributed by atoms with Gasteiger partial charge in [-0.05, 0) is 25.7 Å². The smallest absolute Gasteiger partial charge is 0.310 e. The highest BCUT2D eigenvalue weighted by Crippen LogP contribution is 2.23. The summed E-state index contributed by atoms with van der Waals surface area (Å²) in [6.45, 7) is 11.2. The van der Waals surface area contributed by atoms with Crippen LogP contribution in [-0.2, 0) is 42.9 Å². The Hall–Kier alpha value is -2.21. The zero-order chi connectivity index (χ0) is 30.9. The van der Waals surface area contributed by atoms with E-state index in [9.17, 15) is 24.0 Å². The van der Waals surface area contributed by atoms with Crippen LogP contribution in [-0.4, -0.2) is 93.7 Å². The molecule has 41 heavy (non-hydrogen) atoms. The molecule has 0 aliphatic carbocycles. The van der Waals surface area contributed by atoms with Crippen LogP contribution >= 0.6 is 0 Å². The van der Waals surface area contributed by atoms with Crippen LogP contribution in [0.25, 0.3) is 0 Å². The number of ether oxygens (including phenoxy) is 4. The largest absolute Gasteiger partial charge is 0.481 e. The number of carboxylic acids is 1. The number of Topliss-reactive ketones (excluding diaryl/α,β-unsaturated/α-hetero) is 3. The van der Waals surface area contributed by atoms with Crippen molar-refractivity contribution >= 4 is 29.2 Å². The molecular formula is C30H53NO10. The first-order valence-electron chi connectivity index (χ1n) is 14.8. The molecule has 0 unspecified atom stereocenters. The van der Waals surface area contributed by atoms with Crippen molar-refractivity contribution in [3.63, 3.8) is 0 Å². The maximum absolute atomic E-state index is 12.3. The molecule has 0 saturated heterocycles. The lowest BCUT2D eigenvalue weighted by molar-refractivity contribution is -0.141. The van der Waals surface area contributed by atoms with E-state index in [1.54, 1.807) is 0 Å². The van der Waals surface area contributed by atoms with Crippen LogP contribution in [0.3, 0.4) is 0 Å². The van der Waals surface area contributed by atoms with Crippen molar-refractivity contribution in [2.24, 2.45) is 11.3 Å². The van der Waals surface area contributed by atoms with Gasteiger partial charge in [0.05, 0.1) is 46.2 Å². The number of aliphatic carboxylic acids is 1. The number of unbranched alkanes of at least 4 members (excludes halogenated alkanes) is 1. The van der Waals surface area contributed by atoms with Gasteiger partial charge in [-0.3, -0.25) is 24.0 Å². The van der Waals surface area contributed by atoms with E-state index in [4.69, 9.17) is 24.1 Å². The quantitative estimate of drug-likeness (QED) is 0.103. The Kier molecular flexibility index (Phi) is 23.1. The molecule has 0 bridgehead atoms. The van der Waals surface area contributed by atoms with E-state index in [0.717, 1.165) is 6.42 Å². The molecule has 0 aromatic carbocycles. The minimum atomic E-state index is -1.16. The second kappa shape index (κ2) is 24.4. The molecule has 0 aliphatic rings. The first kappa shape index (κ1) is 38.8. The van der Waals surface area contributed by atoms with Gasteiger partial charge in [0.25, 0.3) is 0 Å². The van der Waals surface area contributed by atoms with Crippen LogP contribution in [0.1, 0.15) is 91.9 Å². The summed E-state index contributed by atoms with van der Waals surface area (Å²) in [5.74, 6) is -1.82. The van der Waals surface area contributed by atoms with Crippen molar-refractivity contribution in [3.05, 3.63) is 0 Å². The van der Waals surface area contributed by atoms with Crippen molar-refractivity contribution < 1.29 is 48.0 Å². The maximum atomic E-state index is 12.3. The molecule has 11 heteroatoms. The Balaban J connectivity index is 3.75. The summed E-state index contributed by atoms with van der Waals surface area (Å²) in [6.07, 6.45) is 3.94. The van der Waals surface area contributed by atoms with Crippen LogP contribution in [0.5, 0.6) is 0 Å². The molecule has 238 valence electrons. The molecule has 0 aromatic rings. The standard InChI is InChI=1S/C30H53NO10/c1-5-25(32)10-8-15-38-17-19-40-21-22-41-20-18-39-16-13-28(35)31-14-7-6-9-24(26(33)23-29(36)37)11-12-27(34)30(2,3)4/h24H,5-23H2,1-4H3,(H,31,35)(H,36,37)/t24-/m1/s1. The SMILES string of the molecule is CCC(=O)CCCOCCOCCOCCOCCC(=O)NCCCC[C@H](CCC(=O)C(C)(C)C)C(=O)CC(=O)O. The van der Waals surface area contributed by atoms with E-state index in [1.807, 2.05) is 27.7 Å². The van der Waals surface area contributed by atoms with Gasteiger partial charge >= 0.3 is 5.97 Å². The molecule has 0 spiro atoms. The van der Waals surface area contributed by atoms with Gasteiger partial charge in [0.1, 0.15) is 23.8 Å². The molecule has 0 fully saturated rings. The number of rotatable bonds is 28. The average molecular weight is 588 g/mol. The number of ketones is 3. The lowest BCUT2D eigenvalue weighted by atomic mass is 9.84. The zero-order valence-corrected chi connectivity index (χ0v) is 25.6. The lowest BCUT2D eigenvalue weighted by Crippen LogP contribution is -2.26. The maximum Gasteiger partial charge on any atom is 0.310 e. The number of carbonyl (C=O) groups excluding carboxylic acids is 4. The van der Waals surface area contributed by atoms with Gasteiger partial charge in [-0.25, -0.2) is 0 Å².